The first-order chi connectivity index (χ1) is 14.1. The van der Waals surface area contributed by atoms with Gasteiger partial charge in [0.1, 0.15) is 11.6 Å². The molecule has 7 heteroatoms. The molecule has 3 N–H and O–H groups in total. The van der Waals surface area contributed by atoms with Gasteiger partial charge in [-0.15, -0.1) is 0 Å². The van der Waals surface area contributed by atoms with Crippen LogP contribution in [0.25, 0.3) is 11.4 Å². The van der Waals surface area contributed by atoms with Gasteiger partial charge in [0.05, 0.1) is 6.10 Å². The highest BCUT2D eigenvalue weighted by Gasteiger charge is 2.11. The maximum absolute atomic E-state index is 13.0. The highest BCUT2D eigenvalue weighted by atomic mass is 19.1. The Balaban J connectivity index is 1.59. The molecule has 0 bridgehead atoms. The molecule has 1 aromatic heterocycles. The Morgan fingerprint density at radius 2 is 2.03 bits per heavy atom. The number of hydrogen-bond acceptors (Lipinski definition) is 3. The number of nitrogens with one attached hydrogen (secondary N) is 2. The first kappa shape index (κ1) is 20.5. The number of urea groups is 1. The van der Waals surface area contributed by atoms with Gasteiger partial charge in [0, 0.05) is 36.7 Å². The minimum atomic E-state index is -0.918. The van der Waals surface area contributed by atoms with Crippen molar-refractivity contribution in [3.63, 3.8) is 0 Å². The molecule has 6 nitrogen and oxygen atoms in total. The summed E-state index contributed by atoms with van der Waals surface area (Å²) in [5.41, 5.74) is 2.07. The fraction of sp³-hybridized carbons (Fsp3) is 0.273. The van der Waals surface area contributed by atoms with Gasteiger partial charge in [0.2, 0.25) is 0 Å². The number of anilines is 1. The molecule has 29 heavy (non-hydrogen) atoms. The van der Waals surface area contributed by atoms with E-state index in [1.165, 1.54) is 24.3 Å². The standard InChI is InChI=1S/C22H25FN4O2/c1-2-3-12-27-13-11-24-21(27)17-5-4-6-19(14-17)26-22(29)25-15-20(28)16-7-9-18(23)10-8-16/h4-11,13-14,20,28H,2-3,12,15H2,1H3,(H2,25,26,29)/t20-/m0/s1. The molecule has 152 valence electrons. The van der Waals surface area contributed by atoms with Crippen molar-refractivity contribution in [2.24, 2.45) is 0 Å². The Labute approximate surface area is 169 Å². The van der Waals surface area contributed by atoms with E-state index in [2.05, 4.69) is 27.1 Å². The molecule has 0 aliphatic carbocycles. The lowest BCUT2D eigenvalue weighted by Crippen LogP contribution is -2.32. The lowest BCUT2D eigenvalue weighted by atomic mass is 10.1. The third kappa shape index (κ3) is 5.65. The molecule has 0 radical (unpaired) electrons. The van der Waals surface area contributed by atoms with Crippen LogP contribution in [0.1, 0.15) is 31.4 Å². The fourth-order valence-corrected chi connectivity index (χ4v) is 2.98. The number of halogens is 1. The number of aliphatic hydroxyl groups excluding tert-OH is 1. The molecule has 3 aromatic rings. The summed E-state index contributed by atoms with van der Waals surface area (Å²) in [6.45, 7) is 3.05. The van der Waals surface area contributed by atoms with Crippen molar-refractivity contribution in [2.45, 2.75) is 32.4 Å². The second-order valence-corrected chi connectivity index (χ2v) is 6.78. The molecule has 2 amide bonds. The highest BCUT2D eigenvalue weighted by molar-refractivity contribution is 5.90. The highest BCUT2D eigenvalue weighted by Crippen LogP contribution is 2.22. The van der Waals surface area contributed by atoms with Gasteiger partial charge >= 0.3 is 6.03 Å². The number of aryl methyl sites for hydroxylation is 1. The number of unbranched alkanes of at least 4 members (excludes halogenated alkanes) is 1. The van der Waals surface area contributed by atoms with Crippen LogP contribution in [0, 0.1) is 5.82 Å². The number of nitrogens with zero attached hydrogens (tertiary/aromatic N) is 2. The summed E-state index contributed by atoms with van der Waals surface area (Å²) in [6.07, 6.45) is 4.98. The van der Waals surface area contributed by atoms with Crippen molar-refractivity contribution >= 4 is 11.7 Å². The van der Waals surface area contributed by atoms with Crippen LogP contribution < -0.4 is 10.6 Å². The third-order valence-electron chi connectivity index (χ3n) is 4.56. The summed E-state index contributed by atoms with van der Waals surface area (Å²) in [5.74, 6) is 0.483. The van der Waals surface area contributed by atoms with E-state index in [9.17, 15) is 14.3 Å². The molecule has 0 unspecified atom stereocenters. The molecule has 0 fully saturated rings. The van der Waals surface area contributed by atoms with Gasteiger partial charge in [-0.05, 0) is 36.2 Å². The van der Waals surface area contributed by atoms with Crippen molar-refractivity contribution in [2.75, 3.05) is 11.9 Å². The Bertz CT molecular complexity index is 940. The van der Waals surface area contributed by atoms with Crippen LogP contribution in [0.5, 0.6) is 0 Å². The zero-order valence-electron chi connectivity index (χ0n) is 16.3. The molecule has 1 heterocycles. The monoisotopic (exact) mass is 396 g/mol. The number of rotatable bonds is 8. The number of benzene rings is 2. The Kier molecular flexibility index (Phi) is 6.97. The number of imidazole rings is 1. The number of carbonyl (C=O) groups excluding carboxylic acids is 1. The van der Waals surface area contributed by atoms with Crippen LogP contribution in [-0.2, 0) is 6.54 Å². The summed E-state index contributed by atoms with van der Waals surface area (Å²) in [4.78, 5) is 16.6. The van der Waals surface area contributed by atoms with Crippen LogP contribution in [-0.4, -0.2) is 27.2 Å². The smallest absolute Gasteiger partial charge is 0.319 e. The largest absolute Gasteiger partial charge is 0.387 e. The van der Waals surface area contributed by atoms with E-state index in [0.29, 0.717) is 11.3 Å². The predicted octanol–water partition coefficient (Wildman–Crippen LogP) is 4.34. The first-order valence-electron chi connectivity index (χ1n) is 9.66. The van der Waals surface area contributed by atoms with Gasteiger partial charge in [0.15, 0.2) is 0 Å². The maximum Gasteiger partial charge on any atom is 0.319 e. The molecule has 3 rings (SSSR count). The van der Waals surface area contributed by atoms with Crippen LogP contribution in [0.3, 0.4) is 0 Å². The average molecular weight is 396 g/mol. The molecule has 1 atom stereocenters. The Morgan fingerprint density at radius 3 is 2.79 bits per heavy atom. The van der Waals surface area contributed by atoms with E-state index >= 15 is 0 Å². The van der Waals surface area contributed by atoms with Crippen LogP contribution >= 0.6 is 0 Å². The summed E-state index contributed by atoms with van der Waals surface area (Å²) in [6, 6.07) is 12.6. The Hall–Kier alpha value is -3.19. The van der Waals surface area contributed by atoms with Crippen molar-refractivity contribution in [1.82, 2.24) is 14.9 Å². The number of aliphatic hydroxyl groups is 1. The van der Waals surface area contributed by atoms with Gasteiger partial charge < -0.3 is 20.3 Å². The van der Waals surface area contributed by atoms with Crippen molar-refractivity contribution in [1.29, 1.82) is 0 Å². The maximum atomic E-state index is 13.0. The number of hydrogen-bond donors (Lipinski definition) is 3. The van der Waals surface area contributed by atoms with Crippen LogP contribution in [0.4, 0.5) is 14.9 Å². The summed E-state index contributed by atoms with van der Waals surface area (Å²) < 4.78 is 15.1. The molecular formula is C22H25FN4O2. The zero-order valence-corrected chi connectivity index (χ0v) is 16.3. The minimum absolute atomic E-state index is 0.0125. The van der Waals surface area contributed by atoms with E-state index in [-0.39, 0.29) is 12.4 Å². The molecule has 0 spiro atoms. The summed E-state index contributed by atoms with van der Waals surface area (Å²) >= 11 is 0. The molecule has 0 aliphatic heterocycles. The molecule has 2 aromatic carbocycles. The summed E-state index contributed by atoms with van der Waals surface area (Å²) in [7, 11) is 0. The molecule has 0 saturated carbocycles. The van der Waals surface area contributed by atoms with Crippen LogP contribution in [0.15, 0.2) is 60.9 Å². The lowest BCUT2D eigenvalue weighted by Gasteiger charge is -2.13. The molecule has 0 aliphatic rings. The lowest BCUT2D eigenvalue weighted by molar-refractivity contribution is 0.175. The second kappa shape index (κ2) is 9.84. The normalized spacial score (nSPS) is 11.8. The quantitative estimate of drug-likeness (QED) is 0.530. The minimum Gasteiger partial charge on any atom is -0.387 e. The number of carbonyl (C=O) groups is 1. The predicted molar refractivity (Wildman–Crippen MR) is 111 cm³/mol. The van der Waals surface area contributed by atoms with Crippen molar-refractivity contribution in [3.8, 4) is 11.4 Å². The zero-order chi connectivity index (χ0) is 20.6. The van der Waals surface area contributed by atoms with E-state index < -0.39 is 12.1 Å². The topological polar surface area (TPSA) is 79.2 Å². The van der Waals surface area contributed by atoms with E-state index in [4.69, 9.17) is 0 Å². The van der Waals surface area contributed by atoms with E-state index in [0.717, 1.165) is 30.8 Å². The average Bonchev–Trinajstić information content (AvgIpc) is 3.20. The van der Waals surface area contributed by atoms with Gasteiger partial charge in [-0.2, -0.15) is 0 Å². The van der Waals surface area contributed by atoms with E-state index in [1.807, 2.05) is 24.4 Å². The van der Waals surface area contributed by atoms with E-state index in [1.54, 1.807) is 12.3 Å². The molecular weight excluding hydrogens is 371 g/mol. The number of aromatic nitrogens is 2. The van der Waals surface area contributed by atoms with Crippen molar-refractivity contribution in [3.05, 3.63) is 72.3 Å². The third-order valence-corrected chi connectivity index (χ3v) is 4.56. The Morgan fingerprint density at radius 1 is 1.24 bits per heavy atom. The summed E-state index contributed by atoms with van der Waals surface area (Å²) in [5, 5.41) is 15.5. The van der Waals surface area contributed by atoms with Crippen molar-refractivity contribution < 1.29 is 14.3 Å². The fourth-order valence-electron chi connectivity index (χ4n) is 2.98. The van der Waals surface area contributed by atoms with Gasteiger partial charge in [-0.1, -0.05) is 37.6 Å². The van der Waals surface area contributed by atoms with Crippen LogP contribution in [0.2, 0.25) is 0 Å². The van der Waals surface area contributed by atoms with Gasteiger partial charge in [-0.25, -0.2) is 14.2 Å². The SMILES string of the molecule is CCCCn1ccnc1-c1cccc(NC(=O)NC[C@H](O)c2ccc(F)cc2)c1. The second-order valence-electron chi connectivity index (χ2n) is 6.78. The first-order valence-corrected chi connectivity index (χ1v) is 9.66. The number of amides is 2. The van der Waals surface area contributed by atoms with Gasteiger partial charge in [0.25, 0.3) is 0 Å². The van der Waals surface area contributed by atoms with Gasteiger partial charge in [-0.3, -0.25) is 0 Å². The molecule has 0 saturated heterocycles.